The highest BCUT2D eigenvalue weighted by atomic mass is 16.6. The maximum Gasteiger partial charge on any atom is 0.344 e. The Morgan fingerprint density at radius 3 is 2.00 bits per heavy atom. The molecule has 2 atom stereocenters. The molecule has 1 aromatic rings. The summed E-state index contributed by atoms with van der Waals surface area (Å²) in [7, 11) is 1.59. The normalized spacial score (nSPS) is 12.5. The quantitative estimate of drug-likeness (QED) is 0.520. The van der Waals surface area contributed by atoms with Gasteiger partial charge in [-0.1, -0.05) is 12.1 Å². The summed E-state index contributed by atoms with van der Waals surface area (Å²) >= 11 is 0. The van der Waals surface area contributed by atoms with Crippen LogP contribution in [0.1, 0.15) is 19.4 Å². The van der Waals surface area contributed by atoms with Crippen LogP contribution in [0.5, 0.6) is 5.75 Å². The van der Waals surface area contributed by atoms with E-state index in [1.54, 1.807) is 31.4 Å². The summed E-state index contributed by atoms with van der Waals surface area (Å²) in [5.41, 5.74) is 0.836. The molecule has 1 rings (SSSR count). The zero-order valence-corrected chi connectivity index (χ0v) is 13.5. The largest absolute Gasteiger partial charge is 0.497 e. The molecular formula is C16H20O8. The smallest absolute Gasteiger partial charge is 0.344 e. The van der Waals surface area contributed by atoms with E-state index < -0.39 is 30.1 Å². The van der Waals surface area contributed by atoms with Crippen molar-refractivity contribution in [3.63, 3.8) is 0 Å². The van der Waals surface area contributed by atoms with Gasteiger partial charge in [-0.3, -0.25) is 0 Å². The Kier molecular flexibility index (Phi) is 9.50. The molecule has 8 heteroatoms. The standard InChI is InChI=1S/C10H10O3.C6H10O5/c1-13-9-5-2-8(3-6-9)4-7-10(11)12;1-3(7)6(10)11-4(2)5(8)9/h2-7H,1H3,(H,11,12);3-4,7H,1-2H3,(H,8,9)/b7-4+;. The molecule has 0 aromatic heterocycles. The molecule has 0 bridgehead atoms. The number of hydrogen-bond donors (Lipinski definition) is 3. The van der Waals surface area contributed by atoms with Crippen LogP contribution in [0.15, 0.2) is 30.3 Å². The Labute approximate surface area is 138 Å². The van der Waals surface area contributed by atoms with Crippen LogP contribution in [-0.4, -0.2) is 52.5 Å². The third kappa shape index (κ3) is 9.21. The van der Waals surface area contributed by atoms with Crippen molar-refractivity contribution in [3.05, 3.63) is 35.9 Å². The lowest BCUT2D eigenvalue weighted by Crippen LogP contribution is -2.29. The molecule has 1 aromatic carbocycles. The maximum absolute atomic E-state index is 10.5. The Hall–Kier alpha value is -2.87. The molecule has 0 heterocycles. The number of aliphatic hydroxyl groups excluding tert-OH is 1. The van der Waals surface area contributed by atoms with Gasteiger partial charge >= 0.3 is 17.9 Å². The van der Waals surface area contributed by atoms with Crippen molar-refractivity contribution in [2.24, 2.45) is 0 Å². The van der Waals surface area contributed by atoms with Crippen molar-refractivity contribution < 1.29 is 39.2 Å². The molecule has 0 saturated heterocycles. The molecule has 0 aliphatic carbocycles. The highest BCUT2D eigenvalue weighted by molar-refractivity contribution is 5.85. The number of rotatable bonds is 6. The molecular weight excluding hydrogens is 320 g/mol. The van der Waals surface area contributed by atoms with Crippen molar-refractivity contribution in [2.75, 3.05) is 7.11 Å². The number of carbonyl (C=O) groups is 3. The molecule has 3 N–H and O–H groups in total. The summed E-state index contributed by atoms with van der Waals surface area (Å²) in [6, 6.07) is 7.14. The van der Waals surface area contributed by atoms with E-state index in [0.717, 1.165) is 17.4 Å². The second-order valence-electron chi connectivity index (χ2n) is 4.54. The van der Waals surface area contributed by atoms with Crippen molar-refractivity contribution in [3.8, 4) is 5.75 Å². The molecule has 0 saturated carbocycles. The predicted molar refractivity (Wildman–Crippen MR) is 84.5 cm³/mol. The topological polar surface area (TPSA) is 130 Å². The molecule has 0 aliphatic heterocycles. The zero-order chi connectivity index (χ0) is 18.7. The highest BCUT2D eigenvalue weighted by Gasteiger charge is 2.19. The molecule has 0 aliphatic rings. The van der Waals surface area contributed by atoms with Gasteiger partial charge in [-0.2, -0.15) is 0 Å². The number of carboxylic acids is 2. The first-order valence-corrected chi connectivity index (χ1v) is 6.83. The van der Waals surface area contributed by atoms with Crippen molar-refractivity contribution >= 4 is 24.0 Å². The fourth-order valence-corrected chi connectivity index (χ4v) is 1.21. The number of aliphatic hydroxyl groups is 1. The fraction of sp³-hybridized carbons (Fsp3) is 0.312. The minimum atomic E-state index is -1.28. The molecule has 0 radical (unpaired) electrons. The first-order chi connectivity index (χ1) is 11.2. The number of carbonyl (C=O) groups excluding carboxylic acids is 1. The second-order valence-corrected chi connectivity index (χ2v) is 4.54. The molecule has 0 amide bonds. The van der Waals surface area contributed by atoms with Gasteiger partial charge in [-0.15, -0.1) is 0 Å². The number of hydrogen-bond acceptors (Lipinski definition) is 6. The second kappa shape index (κ2) is 10.8. The third-order valence-electron chi connectivity index (χ3n) is 2.52. The molecule has 24 heavy (non-hydrogen) atoms. The first-order valence-electron chi connectivity index (χ1n) is 6.83. The van der Waals surface area contributed by atoms with Gasteiger partial charge in [-0.05, 0) is 37.6 Å². The van der Waals surface area contributed by atoms with Gasteiger partial charge in [0.25, 0.3) is 0 Å². The van der Waals surface area contributed by atoms with Crippen LogP contribution >= 0.6 is 0 Å². The summed E-state index contributed by atoms with van der Waals surface area (Å²) in [6.07, 6.45) is 0.137. The van der Waals surface area contributed by atoms with Crippen LogP contribution in [0.25, 0.3) is 6.08 Å². The van der Waals surface area contributed by atoms with Gasteiger partial charge < -0.3 is 24.8 Å². The minimum Gasteiger partial charge on any atom is -0.497 e. The van der Waals surface area contributed by atoms with Gasteiger partial charge in [0.15, 0.2) is 6.10 Å². The lowest BCUT2D eigenvalue weighted by atomic mass is 10.2. The minimum absolute atomic E-state index is 0.757. The zero-order valence-electron chi connectivity index (χ0n) is 13.5. The monoisotopic (exact) mass is 340 g/mol. The van der Waals surface area contributed by atoms with Gasteiger partial charge in [0.05, 0.1) is 7.11 Å². The van der Waals surface area contributed by atoms with Crippen molar-refractivity contribution in [1.29, 1.82) is 0 Å². The van der Waals surface area contributed by atoms with E-state index in [1.165, 1.54) is 19.9 Å². The summed E-state index contributed by atoms with van der Waals surface area (Å²) in [5, 5.41) is 25.2. The number of ether oxygens (including phenoxy) is 2. The number of methoxy groups -OCH3 is 1. The Morgan fingerprint density at radius 2 is 1.62 bits per heavy atom. The van der Waals surface area contributed by atoms with Gasteiger partial charge in [0, 0.05) is 6.08 Å². The Bertz CT molecular complexity index is 574. The summed E-state index contributed by atoms with van der Waals surface area (Å²) in [6.45, 7) is 2.42. The average molecular weight is 340 g/mol. The van der Waals surface area contributed by atoms with E-state index in [1.807, 2.05) is 0 Å². The molecule has 0 fully saturated rings. The van der Waals surface area contributed by atoms with Crippen LogP contribution in [-0.2, 0) is 19.1 Å². The van der Waals surface area contributed by atoms with Gasteiger partial charge in [0.2, 0.25) is 0 Å². The summed E-state index contributed by atoms with van der Waals surface area (Å²) in [5.74, 6) is -2.36. The molecule has 8 nitrogen and oxygen atoms in total. The van der Waals surface area contributed by atoms with Crippen molar-refractivity contribution in [1.82, 2.24) is 0 Å². The molecule has 132 valence electrons. The van der Waals surface area contributed by atoms with Crippen molar-refractivity contribution in [2.45, 2.75) is 26.1 Å². The fourth-order valence-electron chi connectivity index (χ4n) is 1.21. The first kappa shape index (κ1) is 21.1. The average Bonchev–Trinajstić information content (AvgIpc) is 2.53. The van der Waals surface area contributed by atoms with E-state index >= 15 is 0 Å². The van der Waals surface area contributed by atoms with E-state index in [0.29, 0.717) is 0 Å². The van der Waals surface area contributed by atoms with E-state index in [9.17, 15) is 14.4 Å². The highest BCUT2D eigenvalue weighted by Crippen LogP contribution is 2.11. The van der Waals surface area contributed by atoms with E-state index in [4.69, 9.17) is 20.1 Å². The number of aliphatic carboxylic acids is 2. The van der Waals surface area contributed by atoms with E-state index in [-0.39, 0.29) is 0 Å². The van der Waals surface area contributed by atoms with Crippen LogP contribution < -0.4 is 4.74 Å². The number of benzene rings is 1. The predicted octanol–water partition coefficient (Wildman–Crippen LogP) is 1.18. The summed E-state index contributed by atoms with van der Waals surface area (Å²) in [4.78, 5) is 30.8. The van der Waals surface area contributed by atoms with Crippen LogP contribution in [0.3, 0.4) is 0 Å². The molecule has 0 spiro atoms. The lowest BCUT2D eigenvalue weighted by Gasteiger charge is -2.09. The summed E-state index contributed by atoms with van der Waals surface area (Å²) < 4.78 is 9.24. The third-order valence-corrected chi connectivity index (χ3v) is 2.52. The molecule has 2 unspecified atom stereocenters. The van der Waals surface area contributed by atoms with Crippen LogP contribution in [0.4, 0.5) is 0 Å². The van der Waals surface area contributed by atoms with Crippen LogP contribution in [0, 0.1) is 0 Å². The SMILES string of the molecule is CC(O)C(=O)OC(C)C(=O)O.COc1ccc(/C=C/C(=O)O)cc1. The number of carboxylic acid groups (broad SMARTS) is 2. The Morgan fingerprint density at radius 1 is 1.08 bits per heavy atom. The number of esters is 1. The maximum atomic E-state index is 10.5. The Balaban J connectivity index is 0.000000449. The lowest BCUT2D eigenvalue weighted by molar-refractivity contribution is -0.168. The van der Waals surface area contributed by atoms with Gasteiger partial charge in [0.1, 0.15) is 11.9 Å². The van der Waals surface area contributed by atoms with E-state index in [2.05, 4.69) is 4.74 Å². The van der Waals surface area contributed by atoms with Gasteiger partial charge in [-0.25, -0.2) is 14.4 Å². The van der Waals surface area contributed by atoms with Crippen LogP contribution in [0.2, 0.25) is 0 Å².